The van der Waals surface area contributed by atoms with Crippen molar-refractivity contribution in [2.24, 2.45) is 5.73 Å². The Balaban J connectivity index is 3.04. The minimum atomic E-state index is 0.324. The number of rotatable bonds is 5. The van der Waals surface area contributed by atoms with Gasteiger partial charge in [-0.15, -0.1) is 0 Å². The third kappa shape index (κ3) is 3.30. The largest absolute Gasteiger partial charge is 0.329 e. The second kappa shape index (κ2) is 6.18. The van der Waals surface area contributed by atoms with Crippen LogP contribution in [0.3, 0.4) is 0 Å². The third-order valence-corrected chi connectivity index (χ3v) is 3.79. The zero-order valence-corrected chi connectivity index (χ0v) is 11.8. The highest BCUT2D eigenvalue weighted by Gasteiger charge is 2.20. The number of aryl methyl sites for hydroxylation is 2. The summed E-state index contributed by atoms with van der Waals surface area (Å²) < 4.78 is 0. The van der Waals surface area contributed by atoms with E-state index >= 15 is 0 Å². The molecular weight excluding hydrogens is 208 g/mol. The molecule has 0 heterocycles. The van der Waals surface area contributed by atoms with Crippen molar-refractivity contribution < 1.29 is 0 Å². The first-order valence-corrected chi connectivity index (χ1v) is 6.50. The molecule has 0 amide bonds. The van der Waals surface area contributed by atoms with Crippen LogP contribution in [0.2, 0.25) is 0 Å². The topological polar surface area (TPSA) is 29.3 Å². The van der Waals surface area contributed by atoms with E-state index in [-0.39, 0.29) is 0 Å². The van der Waals surface area contributed by atoms with Gasteiger partial charge in [0.15, 0.2) is 0 Å². The summed E-state index contributed by atoms with van der Waals surface area (Å²) in [6, 6.07) is 7.51. The van der Waals surface area contributed by atoms with Crippen molar-refractivity contribution >= 4 is 0 Å². The molecule has 0 aliphatic heterocycles. The summed E-state index contributed by atoms with van der Waals surface area (Å²) >= 11 is 0. The van der Waals surface area contributed by atoms with E-state index in [0.29, 0.717) is 18.6 Å². The summed E-state index contributed by atoms with van der Waals surface area (Å²) in [5, 5.41) is 0. The van der Waals surface area contributed by atoms with Crippen LogP contribution in [0, 0.1) is 13.8 Å². The molecule has 96 valence electrons. The molecule has 0 spiro atoms. The minimum absolute atomic E-state index is 0.324. The molecule has 2 atom stereocenters. The number of benzene rings is 1. The van der Waals surface area contributed by atoms with Crippen molar-refractivity contribution in [1.29, 1.82) is 0 Å². The minimum Gasteiger partial charge on any atom is -0.329 e. The van der Waals surface area contributed by atoms with E-state index < -0.39 is 0 Å². The van der Waals surface area contributed by atoms with Gasteiger partial charge in [-0.25, -0.2) is 0 Å². The van der Waals surface area contributed by atoms with Gasteiger partial charge in [-0.05, 0) is 45.4 Å². The molecule has 2 heteroatoms. The van der Waals surface area contributed by atoms with Gasteiger partial charge in [0.2, 0.25) is 0 Å². The van der Waals surface area contributed by atoms with Crippen LogP contribution in [0.5, 0.6) is 0 Å². The number of hydrogen-bond acceptors (Lipinski definition) is 2. The van der Waals surface area contributed by atoms with Crippen LogP contribution >= 0.6 is 0 Å². The van der Waals surface area contributed by atoms with E-state index in [2.05, 4.69) is 57.8 Å². The third-order valence-electron chi connectivity index (χ3n) is 3.79. The van der Waals surface area contributed by atoms with Gasteiger partial charge in [0, 0.05) is 18.6 Å². The molecule has 2 unspecified atom stereocenters. The maximum Gasteiger partial charge on any atom is 0.0472 e. The Hall–Kier alpha value is -0.860. The zero-order chi connectivity index (χ0) is 13.0. The highest BCUT2D eigenvalue weighted by atomic mass is 15.2. The zero-order valence-electron chi connectivity index (χ0n) is 11.8. The van der Waals surface area contributed by atoms with Crippen molar-refractivity contribution in [3.63, 3.8) is 0 Å². The molecule has 1 aromatic carbocycles. The quantitative estimate of drug-likeness (QED) is 0.848. The smallest absolute Gasteiger partial charge is 0.0472 e. The Morgan fingerprint density at radius 2 is 1.94 bits per heavy atom. The van der Waals surface area contributed by atoms with Crippen molar-refractivity contribution in [2.45, 2.75) is 46.2 Å². The van der Waals surface area contributed by atoms with Gasteiger partial charge in [-0.2, -0.15) is 0 Å². The lowest BCUT2D eigenvalue weighted by atomic mass is 9.97. The van der Waals surface area contributed by atoms with Gasteiger partial charge >= 0.3 is 0 Å². The SMILES string of the molecule is CCC(C)N(C)C(CN)c1cc(C)ccc1C. The molecule has 1 rings (SSSR count). The van der Waals surface area contributed by atoms with Gasteiger partial charge in [0.25, 0.3) is 0 Å². The second-order valence-electron chi connectivity index (χ2n) is 5.03. The van der Waals surface area contributed by atoms with E-state index in [4.69, 9.17) is 5.73 Å². The Kier molecular flexibility index (Phi) is 5.16. The maximum absolute atomic E-state index is 5.98. The summed E-state index contributed by atoms with van der Waals surface area (Å²) in [6.07, 6.45) is 1.15. The molecule has 1 aromatic rings. The summed E-state index contributed by atoms with van der Waals surface area (Å²) in [5.74, 6) is 0. The number of hydrogen-bond donors (Lipinski definition) is 1. The van der Waals surface area contributed by atoms with Crippen LogP contribution in [-0.2, 0) is 0 Å². The summed E-state index contributed by atoms with van der Waals surface area (Å²) in [5.41, 5.74) is 9.99. The first-order valence-electron chi connectivity index (χ1n) is 6.50. The highest BCUT2D eigenvalue weighted by Crippen LogP contribution is 2.25. The normalized spacial score (nSPS) is 15.0. The predicted molar refractivity (Wildman–Crippen MR) is 75.2 cm³/mol. The fourth-order valence-electron chi connectivity index (χ4n) is 2.23. The highest BCUT2D eigenvalue weighted by molar-refractivity contribution is 5.33. The van der Waals surface area contributed by atoms with E-state index in [1.165, 1.54) is 16.7 Å². The van der Waals surface area contributed by atoms with Gasteiger partial charge in [-0.1, -0.05) is 30.7 Å². The van der Waals surface area contributed by atoms with Crippen molar-refractivity contribution in [1.82, 2.24) is 4.90 Å². The molecule has 0 aromatic heterocycles. The van der Waals surface area contributed by atoms with Crippen molar-refractivity contribution in [2.75, 3.05) is 13.6 Å². The Bertz CT molecular complexity index is 360. The van der Waals surface area contributed by atoms with Crippen LogP contribution in [0.15, 0.2) is 18.2 Å². The first-order chi connectivity index (χ1) is 8.01. The molecule has 0 radical (unpaired) electrons. The van der Waals surface area contributed by atoms with Crippen molar-refractivity contribution in [3.05, 3.63) is 34.9 Å². The lowest BCUT2D eigenvalue weighted by Crippen LogP contribution is -2.37. The van der Waals surface area contributed by atoms with Crippen LogP contribution < -0.4 is 5.73 Å². The molecule has 2 nitrogen and oxygen atoms in total. The summed E-state index contributed by atoms with van der Waals surface area (Å²) in [6.45, 7) is 9.46. The molecule has 2 N–H and O–H groups in total. The van der Waals surface area contributed by atoms with Gasteiger partial charge < -0.3 is 5.73 Å². The molecular formula is C15H26N2. The van der Waals surface area contributed by atoms with E-state index in [9.17, 15) is 0 Å². The van der Waals surface area contributed by atoms with Gasteiger partial charge in [0.1, 0.15) is 0 Å². The van der Waals surface area contributed by atoms with Crippen molar-refractivity contribution in [3.8, 4) is 0 Å². The molecule has 0 aliphatic carbocycles. The fourth-order valence-corrected chi connectivity index (χ4v) is 2.23. The molecule has 0 saturated heterocycles. The molecule has 0 fully saturated rings. The fraction of sp³-hybridized carbons (Fsp3) is 0.600. The standard InChI is InChI=1S/C15H26N2/c1-6-13(4)17(5)15(10-16)14-9-11(2)7-8-12(14)3/h7-9,13,15H,6,10,16H2,1-5H3. The maximum atomic E-state index is 5.98. The molecule has 0 aliphatic rings. The average Bonchev–Trinajstić information content (AvgIpc) is 2.33. The summed E-state index contributed by atoms with van der Waals surface area (Å²) in [7, 11) is 2.17. The average molecular weight is 234 g/mol. The lowest BCUT2D eigenvalue weighted by Gasteiger charge is -2.33. The predicted octanol–water partition coefficient (Wildman–Crippen LogP) is 3.03. The van der Waals surface area contributed by atoms with E-state index in [1.54, 1.807) is 0 Å². The molecule has 0 bridgehead atoms. The number of nitrogens with zero attached hydrogens (tertiary/aromatic N) is 1. The molecule has 17 heavy (non-hydrogen) atoms. The number of likely N-dealkylation sites (N-methyl/N-ethyl adjacent to an activating group) is 1. The van der Waals surface area contributed by atoms with E-state index in [0.717, 1.165) is 6.42 Å². The lowest BCUT2D eigenvalue weighted by molar-refractivity contribution is 0.184. The molecule has 0 saturated carbocycles. The Morgan fingerprint density at radius 3 is 2.47 bits per heavy atom. The first kappa shape index (κ1) is 14.2. The summed E-state index contributed by atoms with van der Waals surface area (Å²) in [4.78, 5) is 2.39. The van der Waals surface area contributed by atoms with Crippen LogP contribution in [0.4, 0.5) is 0 Å². The van der Waals surface area contributed by atoms with Gasteiger partial charge in [0.05, 0.1) is 0 Å². The second-order valence-corrected chi connectivity index (χ2v) is 5.03. The van der Waals surface area contributed by atoms with Gasteiger partial charge in [-0.3, -0.25) is 4.90 Å². The van der Waals surface area contributed by atoms with E-state index in [1.807, 2.05) is 0 Å². The Labute approximate surface area is 106 Å². The van der Waals surface area contributed by atoms with Crippen LogP contribution in [-0.4, -0.2) is 24.5 Å². The number of nitrogens with two attached hydrogens (primary N) is 1. The Morgan fingerprint density at radius 1 is 1.29 bits per heavy atom. The van der Waals surface area contributed by atoms with Crippen LogP contribution in [0.25, 0.3) is 0 Å². The monoisotopic (exact) mass is 234 g/mol. The van der Waals surface area contributed by atoms with Crippen LogP contribution in [0.1, 0.15) is 43.0 Å².